The Kier molecular flexibility index (Phi) is 2.12. The van der Waals surface area contributed by atoms with E-state index >= 15 is 0 Å². The third-order valence-electron chi connectivity index (χ3n) is 2.59. The van der Waals surface area contributed by atoms with Crippen LogP contribution in [0.15, 0.2) is 30.6 Å². The highest BCUT2D eigenvalue weighted by molar-refractivity contribution is 5.87. The van der Waals surface area contributed by atoms with E-state index in [0.29, 0.717) is 17.2 Å². The first-order valence-electron chi connectivity index (χ1n) is 5.23. The van der Waals surface area contributed by atoms with Gasteiger partial charge in [-0.2, -0.15) is 5.10 Å². The molecule has 0 aliphatic heterocycles. The number of nitrogens with zero attached hydrogens (tertiary/aromatic N) is 5. The molecule has 7 heteroatoms. The highest BCUT2D eigenvalue weighted by Crippen LogP contribution is 2.16. The molecular formula is C11H9N5O2. The predicted molar refractivity (Wildman–Crippen MR) is 62.1 cm³/mol. The molecule has 0 radical (unpaired) electrons. The molecule has 0 saturated carbocycles. The van der Waals surface area contributed by atoms with Crippen LogP contribution < -0.4 is 0 Å². The summed E-state index contributed by atoms with van der Waals surface area (Å²) in [5, 5.41) is 21.2. The summed E-state index contributed by atoms with van der Waals surface area (Å²) in [5.41, 5.74) is 1.41. The molecule has 0 unspecified atom stereocenters. The van der Waals surface area contributed by atoms with Gasteiger partial charge in [-0.15, -0.1) is 10.2 Å². The van der Waals surface area contributed by atoms with Gasteiger partial charge in [0.05, 0.1) is 5.56 Å². The third-order valence-corrected chi connectivity index (χ3v) is 2.59. The molecule has 0 amide bonds. The molecule has 18 heavy (non-hydrogen) atoms. The molecule has 3 rings (SSSR count). The average molecular weight is 243 g/mol. The Hall–Kier alpha value is -2.70. The molecule has 3 aromatic heterocycles. The van der Waals surface area contributed by atoms with Crippen LogP contribution in [0.4, 0.5) is 0 Å². The zero-order valence-electron chi connectivity index (χ0n) is 9.48. The van der Waals surface area contributed by atoms with Gasteiger partial charge in [0.2, 0.25) is 0 Å². The summed E-state index contributed by atoms with van der Waals surface area (Å²) in [5.74, 6) is -0.466. The number of carbonyl (C=O) groups is 1. The predicted octanol–water partition coefficient (Wildman–Crippen LogP) is 0.828. The molecule has 0 aromatic carbocycles. The lowest BCUT2D eigenvalue weighted by Gasteiger charge is -1.98. The lowest BCUT2D eigenvalue weighted by atomic mass is 10.3. The van der Waals surface area contributed by atoms with E-state index in [1.165, 1.54) is 12.3 Å². The van der Waals surface area contributed by atoms with Gasteiger partial charge in [-0.3, -0.25) is 9.08 Å². The minimum atomic E-state index is -0.988. The fourth-order valence-corrected chi connectivity index (χ4v) is 1.73. The highest BCUT2D eigenvalue weighted by atomic mass is 16.4. The fraction of sp³-hybridized carbons (Fsp3) is 0.0909. The van der Waals surface area contributed by atoms with Gasteiger partial charge in [-0.05, 0) is 18.2 Å². The van der Waals surface area contributed by atoms with Crippen molar-refractivity contribution in [2.75, 3.05) is 0 Å². The van der Waals surface area contributed by atoms with Crippen LogP contribution >= 0.6 is 0 Å². The second kappa shape index (κ2) is 3.66. The number of aromatic nitrogens is 5. The van der Waals surface area contributed by atoms with Crippen molar-refractivity contribution in [1.82, 2.24) is 24.4 Å². The molecule has 0 saturated heterocycles. The van der Waals surface area contributed by atoms with Gasteiger partial charge in [-0.25, -0.2) is 4.79 Å². The molecule has 0 aliphatic carbocycles. The summed E-state index contributed by atoms with van der Waals surface area (Å²) in [6, 6.07) is 4.90. The van der Waals surface area contributed by atoms with Crippen molar-refractivity contribution in [2.24, 2.45) is 7.05 Å². The van der Waals surface area contributed by atoms with Crippen LogP contribution in [-0.2, 0) is 7.05 Å². The van der Waals surface area contributed by atoms with Crippen molar-refractivity contribution in [2.45, 2.75) is 0 Å². The first kappa shape index (κ1) is 10.5. The lowest BCUT2D eigenvalue weighted by Crippen LogP contribution is -2.00. The molecule has 3 aromatic rings. The van der Waals surface area contributed by atoms with Crippen LogP contribution in [0.1, 0.15) is 10.4 Å². The fourth-order valence-electron chi connectivity index (χ4n) is 1.73. The smallest absolute Gasteiger partial charge is 0.337 e. The number of rotatable bonds is 2. The molecule has 3 heterocycles. The highest BCUT2D eigenvalue weighted by Gasteiger charge is 2.12. The van der Waals surface area contributed by atoms with E-state index in [1.807, 2.05) is 0 Å². The molecule has 7 nitrogen and oxygen atoms in total. The number of pyridine rings is 1. The zero-order valence-corrected chi connectivity index (χ0v) is 9.48. The number of hydrogen-bond acceptors (Lipinski definition) is 4. The molecule has 0 spiro atoms. The van der Waals surface area contributed by atoms with Gasteiger partial charge in [0.1, 0.15) is 5.69 Å². The van der Waals surface area contributed by atoms with Gasteiger partial charge < -0.3 is 5.11 Å². The Labute approximate surface area is 101 Å². The maximum Gasteiger partial charge on any atom is 0.337 e. The second-order valence-electron chi connectivity index (χ2n) is 3.85. The van der Waals surface area contributed by atoms with Gasteiger partial charge >= 0.3 is 5.97 Å². The number of carboxylic acid groups (broad SMARTS) is 1. The van der Waals surface area contributed by atoms with E-state index in [4.69, 9.17) is 5.11 Å². The van der Waals surface area contributed by atoms with Gasteiger partial charge in [0, 0.05) is 19.4 Å². The first-order chi connectivity index (χ1) is 8.65. The molecule has 0 atom stereocenters. The largest absolute Gasteiger partial charge is 0.478 e. The summed E-state index contributed by atoms with van der Waals surface area (Å²) in [4.78, 5) is 10.9. The Morgan fingerprint density at radius 1 is 1.28 bits per heavy atom. The van der Waals surface area contributed by atoms with Crippen molar-refractivity contribution in [3.63, 3.8) is 0 Å². The van der Waals surface area contributed by atoms with Crippen molar-refractivity contribution >= 4 is 11.6 Å². The second-order valence-corrected chi connectivity index (χ2v) is 3.85. The standard InChI is InChI=1S/C11H9N5O2/c1-15-5-4-8(14-15)10-13-12-9-3-2-7(11(17)18)6-16(9)10/h2-6H,1H3,(H,17,18). The minimum absolute atomic E-state index is 0.180. The zero-order chi connectivity index (χ0) is 12.7. The maximum atomic E-state index is 10.9. The van der Waals surface area contributed by atoms with Crippen molar-refractivity contribution < 1.29 is 9.90 Å². The number of aromatic carboxylic acids is 1. The van der Waals surface area contributed by atoms with Crippen LogP contribution in [0.5, 0.6) is 0 Å². The van der Waals surface area contributed by atoms with E-state index in [9.17, 15) is 4.79 Å². The lowest BCUT2D eigenvalue weighted by molar-refractivity contribution is 0.0696. The molecular weight excluding hydrogens is 234 g/mol. The van der Waals surface area contributed by atoms with E-state index in [2.05, 4.69) is 15.3 Å². The molecule has 0 bridgehead atoms. The minimum Gasteiger partial charge on any atom is -0.478 e. The van der Waals surface area contributed by atoms with Gasteiger partial charge in [0.25, 0.3) is 0 Å². The summed E-state index contributed by atoms with van der Waals surface area (Å²) < 4.78 is 3.27. The van der Waals surface area contributed by atoms with Crippen LogP contribution in [0.2, 0.25) is 0 Å². The number of aryl methyl sites for hydroxylation is 1. The molecule has 1 N–H and O–H groups in total. The quantitative estimate of drug-likeness (QED) is 0.720. The number of carboxylic acids is 1. The van der Waals surface area contributed by atoms with Gasteiger partial charge in [0.15, 0.2) is 11.5 Å². The van der Waals surface area contributed by atoms with E-state index in [-0.39, 0.29) is 5.56 Å². The van der Waals surface area contributed by atoms with Gasteiger partial charge in [-0.1, -0.05) is 0 Å². The first-order valence-corrected chi connectivity index (χ1v) is 5.23. The third kappa shape index (κ3) is 1.53. The summed E-state index contributed by atoms with van der Waals surface area (Å²) in [7, 11) is 1.80. The topological polar surface area (TPSA) is 85.3 Å². The van der Waals surface area contributed by atoms with Crippen LogP contribution in [-0.4, -0.2) is 35.5 Å². The SMILES string of the molecule is Cn1ccc(-c2nnc3ccc(C(=O)O)cn23)n1. The Morgan fingerprint density at radius 3 is 2.78 bits per heavy atom. The Balaban J connectivity index is 2.23. The van der Waals surface area contributed by atoms with Crippen LogP contribution in [0.25, 0.3) is 17.2 Å². The average Bonchev–Trinajstić information content (AvgIpc) is 2.93. The monoisotopic (exact) mass is 243 g/mol. The summed E-state index contributed by atoms with van der Waals surface area (Å²) >= 11 is 0. The number of hydrogen-bond donors (Lipinski definition) is 1. The normalized spacial score (nSPS) is 10.9. The summed E-state index contributed by atoms with van der Waals surface area (Å²) in [6.07, 6.45) is 3.28. The molecule has 90 valence electrons. The summed E-state index contributed by atoms with van der Waals surface area (Å²) in [6.45, 7) is 0. The molecule has 0 fully saturated rings. The van der Waals surface area contributed by atoms with Crippen molar-refractivity contribution in [1.29, 1.82) is 0 Å². The van der Waals surface area contributed by atoms with E-state index in [0.717, 1.165) is 0 Å². The maximum absolute atomic E-state index is 10.9. The Morgan fingerprint density at radius 2 is 2.11 bits per heavy atom. The van der Waals surface area contributed by atoms with Crippen molar-refractivity contribution in [3.05, 3.63) is 36.2 Å². The van der Waals surface area contributed by atoms with E-state index in [1.54, 1.807) is 34.5 Å². The molecule has 0 aliphatic rings. The van der Waals surface area contributed by atoms with Crippen molar-refractivity contribution in [3.8, 4) is 11.5 Å². The van der Waals surface area contributed by atoms with Crippen LogP contribution in [0.3, 0.4) is 0 Å². The Bertz CT molecular complexity index is 743. The van der Waals surface area contributed by atoms with E-state index < -0.39 is 5.97 Å². The van der Waals surface area contributed by atoms with Crippen LogP contribution in [0, 0.1) is 0 Å². The number of fused-ring (bicyclic) bond motifs is 1.